The Kier molecular flexibility index (Phi) is 5.23. The normalized spacial score (nSPS) is 14.9. The van der Waals surface area contributed by atoms with Gasteiger partial charge in [-0.15, -0.1) is 0 Å². The lowest BCUT2D eigenvalue weighted by Gasteiger charge is -2.21. The van der Waals surface area contributed by atoms with Crippen LogP contribution in [-0.2, 0) is 6.54 Å². The molecule has 1 fully saturated rings. The minimum absolute atomic E-state index is 0.518. The van der Waals surface area contributed by atoms with Crippen molar-refractivity contribution in [3.05, 3.63) is 47.0 Å². The molecule has 0 aromatic carbocycles. The van der Waals surface area contributed by atoms with Crippen molar-refractivity contribution in [2.24, 2.45) is 0 Å². The van der Waals surface area contributed by atoms with Gasteiger partial charge in [0.1, 0.15) is 5.69 Å². The molecule has 0 bridgehead atoms. The van der Waals surface area contributed by atoms with Gasteiger partial charge in [-0.25, -0.2) is 15.0 Å². The summed E-state index contributed by atoms with van der Waals surface area (Å²) < 4.78 is 5.55. The summed E-state index contributed by atoms with van der Waals surface area (Å²) in [6.45, 7) is 4.32. The standard InChI is InChI=1S/C21H26N6O/c1-13-16(20(28-27-13)19-9-8-17(22)14(2)25-19)12-24-21-23-11-10-18(26-21)15-6-4-3-5-7-15/h8-11,15H,3-7,12,22H2,1-2H3,(H,23,24,26). The van der Waals surface area contributed by atoms with Gasteiger partial charge < -0.3 is 15.6 Å². The topological polar surface area (TPSA) is 103 Å². The predicted molar refractivity (Wildman–Crippen MR) is 109 cm³/mol. The number of aromatic nitrogens is 4. The Morgan fingerprint density at radius 2 is 1.89 bits per heavy atom. The van der Waals surface area contributed by atoms with Crippen molar-refractivity contribution in [1.82, 2.24) is 20.1 Å². The molecule has 1 saturated carbocycles. The van der Waals surface area contributed by atoms with Crippen LogP contribution in [-0.4, -0.2) is 20.1 Å². The van der Waals surface area contributed by atoms with Crippen molar-refractivity contribution >= 4 is 11.6 Å². The lowest BCUT2D eigenvalue weighted by atomic mass is 9.87. The summed E-state index contributed by atoms with van der Waals surface area (Å²) in [4.78, 5) is 13.7. The van der Waals surface area contributed by atoms with Gasteiger partial charge in [0.15, 0.2) is 5.76 Å². The van der Waals surface area contributed by atoms with Crippen LogP contribution in [0.2, 0.25) is 0 Å². The molecule has 3 heterocycles. The Morgan fingerprint density at radius 1 is 1.07 bits per heavy atom. The zero-order chi connectivity index (χ0) is 19.5. The summed E-state index contributed by atoms with van der Waals surface area (Å²) in [5.41, 5.74) is 10.9. The zero-order valence-electron chi connectivity index (χ0n) is 16.4. The van der Waals surface area contributed by atoms with Gasteiger partial charge in [0.05, 0.1) is 17.1 Å². The molecule has 7 nitrogen and oxygen atoms in total. The monoisotopic (exact) mass is 378 g/mol. The molecule has 3 aromatic rings. The van der Waals surface area contributed by atoms with E-state index in [1.165, 1.54) is 32.1 Å². The average Bonchev–Trinajstić information content (AvgIpc) is 3.10. The van der Waals surface area contributed by atoms with E-state index in [0.717, 1.165) is 28.3 Å². The molecule has 3 N–H and O–H groups in total. The first-order valence-corrected chi connectivity index (χ1v) is 9.87. The fourth-order valence-electron chi connectivity index (χ4n) is 3.75. The molecule has 0 spiro atoms. The maximum Gasteiger partial charge on any atom is 0.223 e. The van der Waals surface area contributed by atoms with Crippen molar-refractivity contribution in [3.63, 3.8) is 0 Å². The predicted octanol–water partition coefficient (Wildman–Crippen LogP) is 4.39. The summed E-state index contributed by atoms with van der Waals surface area (Å²) in [5, 5.41) is 7.45. The van der Waals surface area contributed by atoms with E-state index in [1.54, 1.807) is 0 Å². The number of nitrogen functional groups attached to an aromatic ring is 1. The second-order valence-electron chi connectivity index (χ2n) is 7.44. The number of nitrogens with zero attached hydrogens (tertiary/aromatic N) is 4. The van der Waals surface area contributed by atoms with E-state index >= 15 is 0 Å². The summed E-state index contributed by atoms with van der Waals surface area (Å²) in [7, 11) is 0. The van der Waals surface area contributed by atoms with Crippen LogP contribution in [0.5, 0.6) is 0 Å². The quantitative estimate of drug-likeness (QED) is 0.679. The molecule has 0 amide bonds. The first-order chi connectivity index (χ1) is 13.6. The molecule has 1 aliphatic carbocycles. The lowest BCUT2D eigenvalue weighted by Crippen LogP contribution is -2.10. The van der Waals surface area contributed by atoms with Crippen LogP contribution in [0.1, 0.15) is 60.7 Å². The Labute approximate surface area is 164 Å². The van der Waals surface area contributed by atoms with Gasteiger partial charge in [-0.1, -0.05) is 24.4 Å². The number of hydrogen-bond acceptors (Lipinski definition) is 7. The third-order valence-electron chi connectivity index (χ3n) is 5.47. The van der Waals surface area contributed by atoms with Crippen LogP contribution in [0, 0.1) is 13.8 Å². The van der Waals surface area contributed by atoms with Gasteiger partial charge in [-0.3, -0.25) is 0 Å². The van der Waals surface area contributed by atoms with Gasteiger partial charge in [0.2, 0.25) is 5.95 Å². The van der Waals surface area contributed by atoms with Crippen molar-refractivity contribution < 1.29 is 4.52 Å². The maximum absolute atomic E-state index is 5.88. The van der Waals surface area contributed by atoms with Gasteiger partial charge >= 0.3 is 0 Å². The van der Waals surface area contributed by atoms with Crippen LogP contribution in [0.4, 0.5) is 11.6 Å². The summed E-state index contributed by atoms with van der Waals surface area (Å²) >= 11 is 0. The Balaban J connectivity index is 1.52. The van der Waals surface area contributed by atoms with E-state index in [1.807, 2.05) is 38.2 Å². The molecular formula is C21H26N6O. The van der Waals surface area contributed by atoms with Crippen LogP contribution in [0.15, 0.2) is 28.9 Å². The zero-order valence-corrected chi connectivity index (χ0v) is 16.4. The minimum Gasteiger partial charge on any atom is -0.397 e. The Hall–Kier alpha value is -2.96. The smallest absolute Gasteiger partial charge is 0.223 e. The van der Waals surface area contributed by atoms with Crippen LogP contribution >= 0.6 is 0 Å². The van der Waals surface area contributed by atoms with E-state index in [4.69, 9.17) is 15.2 Å². The van der Waals surface area contributed by atoms with Crippen LogP contribution < -0.4 is 11.1 Å². The van der Waals surface area contributed by atoms with Crippen molar-refractivity contribution in [3.8, 4) is 11.5 Å². The van der Waals surface area contributed by atoms with Gasteiger partial charge in [0.25, 0.3) is 0 Å². The van der Waals surface area contributed by atoms with E-state index < -0.39 is 0 Å². The highest BCUT2D eigenvalue weighted by Crippen LogP contribution is 2.32. The Bertz CT molecular complexity index is 961. The highest BCUT2D eigenvalue weighted by molar-refractivity contribution is 5.61. The molecule has 0 saturated heterocycles. The van der Waals surface area contributed by atoms with Gasteiger partial charge in [-0.2, -0.15) is 0 Å². The fourth-order valence-corrected chi connectivity index (χ4v) is 3.75. The van der Waals surface area contributed by atoms with Crippen molar-refractivity contribution in [2.75, 3.05) is 11.1 Å². The molecule has 7 heteroatoms. The molecule has 4 rings (SSSR count). The fraction of sp³-hybridized carbons (Fsp3) is 0.429. The average molecular weight is 378 g/mol. The lowest BCUT2D eigenvalue weighted by molar-refractivity contribution is 0.425. The summed E-state index contributed by atoms with van der Waals surface area (Å²) in [6, 6.07) is 5.73. The minimum atomic E-state index is 0.518. The number of rotatable bonds is 5. The summed E-state index contributed by atoms with van der Waals surface area (Å²) in [6.07, 6.45) is 8.18. The Morgan fingerprint density at radius 3 is 2.68 bits per heavy atom. The molecule has 0 unspecified atom stereocenters. The number of nitrogens with one attached hydrogen (secondary N) is 1. The number of anilines is 2. The molecule has 28 heavy (non-hydrogen) atoms. The van der Waals surface area contributed by atoms with Crippen molar-refractivity contribution in [1.29, 1.82) is 0 Å². The van der Waals surface area contributed by atoms with Crippen molar-refractivity contribution in [2.45, 2.75) is 58.4 Å². The highest BCUT2D eigenvalue weighted by atomic mass is 16.5. The first-order valence-electron chi connectivity index (χ1n) is 9.87. The second-order valence-corrected chi connectivity index (χ2v) is 7.44. The molecule has 0 aliphatic heterocycles. The van der Waals surface area contributed by atoms with Gasteiger partial charge in [0, 0.05) is 29.9 Å². The number of pyridine rings is 1. The van der Waals surface area contributed by atoms with Crippen LogP contribution in [0.25, 0.3) is 11.5 Å². The molecule has 3 aromatic heterocycles. The van der Waals surface area contributed by atoms with Gasteiger partial charge in [-0.05, 0) is 44.9 Å². The second kappa shape index (κ2) is 7.96. The third-order valence-corrected chi connectivity index (χ3v) is 5.47. The van der Waals surface area contributed by atoms with E-state index in [-0.39, 0.29) is 0 Å². The van der Waals surface area contributed by atoms with Crippen LogP contribution in [0.3, 0.4) is 0 Å². The molecule has 1 aliphatic rings. The largest absolute Gasteiger partial charge is 0.397 e. The first kappa shape index (κ1) is 18.4. The van der Waals surface area contributed by atoms with E-state index in [2.05, 4.69) is 20.4 Å². The molecule has 0 radical (unpaired) electrons. The summed E-state index contributed by atoms with van der Waals surface area (Å²) in [5.74, 6) is 1.83. The maximum atomic E-state index is 5.88. The van der Waals surface area contributed by atoms with E-state index in [9.17, 15) is 0 Å². The number of hydrogen-bond donors (Lipinski definition) is 2. The molecular weight excluding hydrogens is 352 g/mol. The number of aryl methyl sites for hydroxylation is 2. The molecule has 0 atom stereocenters. The third kappa shape index (κ3) is 3.83. The number of nitrogens with two attached hydrogens (primary N) is 1. The SMILES string of the molecule is Cc1nc(-c2onc(C)c2CNc2nccc(C3CCCCC3)n2)ccc1N. The highest BCUT2D eigenvalue weighted by Gasteiger charge is 2.19. The molecule has 146 valence electrons. The van der Waals surface area contributed by atoms with E-state index in [0.29, 0.717) is 29.9 Å².